The normalized spacial score (nSPS) is 17.4. The summed E-state index contributed by atoms with van der Waals surface area (Å²) >= 11 is 0. The number of anilines is 1. The van der Waals surface area contributed by atoms with Crippen molar-refractivity contribution < 1.29 is 9.84 Å². The number of hydrogen-bond acceptors (Lipinski definition) is 5. The molecule has 0 saturated heterocycles. The summed E-state index contributed by atoms with van der Waals surface area (Å²) in [6.45, 7) is 5.48. The Morgan fingerprint density at radius 1 is 1.37 bits per heavy atom. The highest BCUT2D eigenvalue weighted by atomic mass is 16.5. The summed E-state index contributed by atoms with van der Waals surface area (Å²) in [5.74, 6) is 1.43. The first-order valence-electron chi connectivity index (χ1n) is 7.00. The van der Waals surface area contributed by atoms with Crippen LogP contribution in [0, 0.1) is 12.3 Å². The monoisotopic (exact) mass is 265 g/mol. The van der Waals surface area contributed by atoms with E-state index in [-0.39, 0.29) is 12.0 Å². The van der Waals surface area contributed by atoms with Crippen molar-refractivity contribution in [2.75, 3.05) is 25.1 Å². The second-order valence-corrected chi connectivity index (χ2v) is 5.30. The maximum absolute atomic E-state index is 9.61. The lowest BCUT2D eigenvalue weighted by atomic mass is 9.87. The average molecular weight is 265 g/mol. The van der Waals surface area contributed by atoms with Crippen LogP contribution in [-0.4, -0.2) is 34.8 Å². The van der Waals surface area contributed by atoms with Crippen molar-refractivity contribution in [3.8, 4) is 5.88 Å². The van der Waals surface area contributed by atoms with Gasteiger partial charge in [-0.2, -0.15) is 0 Å². The molecular formula is C14H23N3O2. The van der Waals surface area contributed by atoms with E-state index in [2.05, 4.69) is 15.3 Å². The Kier molecular flexibility index (Phi) is 4.58. The second-order valence-electron chi connectivity index (χ2n) is 5.30. The van der Waals surface area contributed by atoms with Crippen LogP contribution in [0.25, 0.3) is 0 Å². The molecule has 1 fully saturated rings. The van der Waals surface area contributed by atoms with Crippen LogP contribution < -0.4 is 10.1 Å². The molecule has 0 bridgehead atoms. The molecular weight excluding hydrogens is 242 g/mol. The minimum absolute atomic E-state index is 0.0170. The Labute approximate surface area is 114 Å². The van der Waals surface area contributed by atoms with Crippen molar-refractivity contribution in [1.82, 2.24) is 9.97 Å². The fourth-order valence-electron chi connectivity index (χ4n) is 2.68. The van der Waals surface area contributed by atoms with Gasteiger partial charge in [0.2, 0.25) is 5.88 Å². The summed E-state index contributed by atoms with van der Waals surface area (Å²) in [6, 6.07) is 0. The van der Waals surface area contributed by atoms with Crippen molar-refractivity contribution >= 4 is 5.82 Å². The SMILES string of the molecule is CCOc1ncnc(NCC2(CO)CCCC2)c1C. The smallest absolute Gasteiger partial charge is 0.221 e. The number of rotatable bonds is 6. The summed E-state index contributed by atoms with van der Waals surface area (Å²) in [4.78, 5) is 8.39. The summed E-state index contributed by atoms with van der Waals surface area (Å²) in [5, 5.41) is 13.0. The highest BCUT2D eigenvalue weighted by Crippen LogP contribution is 2.37. The average Bonchev–Trinajstić information content (AvgIpc) is 2.89. The Balaban J connectivity index is 2.04. The molecule has 0 spiro atoms. The maximum Gasteiger partial charge on any atom is 0.221 e. The molecule has 1 aliphatic carbocycles. The van der Waals surface area contributed by atoms with Crippen LogP contribution in [0.5, 0.6) is 5.88 Å². The van der Waals surface area contributed by atoms with Gasteiger partial charge in [0.1, 0.15) is 12.1 Å². The first-order valence-corrected chi connectivity index (χ1v) is 7.00. The molecule has 0 aliphatic heterocycles. The van der Waals surface area contributed by atoms with Crippen molar-refractivity contribution in [1.29, 1.82) is 0 Å². The molecule has 0 radical (unpaired) electrons. The highest BCUT2D eigenvalue weighted by molar-refractivity contribution is 5.47. The molecule has 106 valence electrons. The van der Waals surface area contributed by atoms with E-state index in [1.807, 2.05) is 13.8 Å². The van der Waals surface area contributed by atoms with Gasteiger partial charge in [0, 0.05) is 12.0 Å². The Morgan fingerprint density at radius 3 is 2.74 bits per heavy atom. The molecule has 2 N–H and O–H groups in total. The van der Waals surface area contributed by atoms with Crippen molar-refractivity contribution in [3.63, 3.8) is 0 Å². The third-order valence-electron chi connectivity index (χ3n) is 3.95. The van der Waals surface area contributed by atoms with Gasteiger partial charge in [-0.15, -0.1) is 0 Å². The minimum Gasteiger partial charge on any atom is -0.478 e. The molecule has 1 aromatic rings. The van der Waals surface area contributed by atoms with E-state index < -0.39 is 0 Å². The zero-order chi connectivity index (χ0) is 13.7. The number of hydrogen-bond donors (Lipinski definition) is 2. The largest absolute Gasteiger partial charge is 0.478 e. The van der Waals surface area contributed by atoms with Crippen LogP contribution in [0.3, 0.4) is 0 Å². The summed E-state index contributed by atoms with van der Waals surface area (Å²) in [7, 11) is 0. The molecule has 0 aromatic carbocycles. The molecule has 1 heterocycles. The first-order chi connectivity index (χ1) is 9.21. The number of ether oxygens (including phenoxy) is 1. The lowest BCUT2D eigenvalue weighted by Crippen LogP contribution is -2.31. The second kappa shape index (κ2) is 6.19. The Hall–Kier alpha value is -1.36. The highest BCUT2D eigenvalue weighted by Gasteiger charge is 2.33. The van der Waals surface area contributed by atoms with Crippen molar-refractivity contribution in [3.05, 3.63) is 11.9 Å². The predicted molar refractivity (Wildman–Crippen MR) is 74.4 cm³/mol. The van der Waals surface area contributed by atoms with Gasteiger partial charge < -0.3 is 15.2 Å². The zero-order valence-electron chi connectivity index (χ0n) is 11.8. The molecule has 0 unspecified atom stereocenters. The van der Waals surface area contributed by atoms with E-state index in [9.17, 15) is 5.11 Å². The van der Waals surface area contributed by atoms with Crippen molar-refractivity contribution in [2.24, 2.45) is 5.41 Å². The van der Waals surface area contributed by atoms with Gasteiger partial charge in [-0.1, -0.05) is 12.8 Å². The molecule has 1 aliphatic rings. The van der Waals surface area contributed by atoms with Crippen LogP contribution in [0.4, 0.5) is 5.82 Å². The summed E-state index contributed by atoms with van der Waals surface area (Å²) in [5.41, 5.74) is 0.943. The fourth-order valence-corrected chi connectivity index (χ4v) is 2.68. The zero-order valence-corrected chi connectivity index (χ0v) is 11.8. The Morgan fingerprint density at radius 2 is 2.11 bits per heavy atom. The number of aromatic nitrogens is 2. The molecule has 2 rings (SSSR count). The van der Waals surface area contributed by atoms with Crippen LogP contribution in [0.2, 0.25) is 0 Å². The molecule has 5 nitrogen and oxygen atoms in total. The molecule has 0 atom stereocenters. The lowest BCUT2D eigenvalue weighted by molar-refractivity contribution is 0.142. The van der Waals surface area contributed by atoms with Crippen LogP contribution >= 0.6 is 0 Å². The third kappa shape index (κ3) is 3.15. The predicted octanol–water partition coefficient (Wildman–Crippen LogP) is 2.15. The molecule has 0 amide bonds. The Bertz CT molecular complexity index is 417. The van der Waals surface area contributed by atoms with E-state index in [4.69, 9.17) is 4.74 Å². The number of aliphatic hydroxyl groups is 1. The van der Waals surface area contributed by atoms with Crippen molar-refractivity contribution in [2.45, 2.75) is 39.5 Å². The third-order valence-corrected chi connectivity index (χ3v) is 3.95. The number of aliphatic hydroxyl groups excluding tert-OH is 1. The molecule has 19 heavy (non-hydrogen) atoms. The van der Waals surface area contributed by atoms with Gasteiger partial charge >= 0.3 is 0 Å². The van der Waals surface area contributed by atoms with E-state index in [0.29, 0.717) is 12.5 Å². The minimum atomic E-state index is 0.0170. The van der Waals surface area contributed by atoms with E-state index in [1.54, 1.807) is 0 Å². The summed E-state index contributed by atoms with van der Waals surface area (Å²) in [6.07, 6.45) is 6.09. The lowest BCUT2D eigenvalue weighted by Gasteiger charge is -2.27. The van der Waals surface area contributed by atoms with Gasteiger partial charge in [-0.3, -0.25) is 0 Å². The summed E-state index contributed by atoms with van der Waals surface area (Å²) < 4.78 is 5.46. The van der Waals surface area contributed by atoms with E-state index in [1.165, 1.54) is 19.2 Å². The van der Waals surface area contributed by atoms with E-state index >= 15 is 0 Å². The van der Waals surface area contributed by atoms with Gasteiger partial charge in [0.15, 0.2) is 0 Å². The fraction of sp³-hybridized carbons (Fsp3) is 0.714. The van der Waals surface area contributed by atoms with Gasteiger partial charge in [-0.25, -0.2) is 9.97 Å². The topological polar surface area (TPSA) is 67.3 Å². The van der Waals surface area contributed by atoms with Crippen LogP contribution in [0.15, 0.2) is 6.33 Å². The molecule has 1 aromatic heterocycles. The first kappa shape index (κ1) is 14.1. The molecule has 5 heteroatoms. The maximum atomic E-state index is 9.61. The van der Waals surface area contributed by atoms with Gasteiger partial charge in [0.25, 0.3) is 0 Å². The van der Waals surface area contributed by atoms with Crippen LogP contribution in [-0.2, 0) is 0 Å². The molecule has 1 saturated carbocycles. The van der Waals surface area contributed by atoms with Crippen LogP contribution in [0.1, 0.15) is 38.2 Å². The van der Waals surface area contributed by atoms with Gasteiger partial charge in [-0.05, 0) is 26.7 Å². The standard InChI is InChI=1S/C14H23N3O2/c1-3-19-13-11(2)12(16-10-17-13)15-8-14(9-18)6-4-5-7-14/h10,18H,3-9H2,1-2H3,(H,15,16,17). The number of nitrogens with zero attached hydrogens (tertiary/aromatic N) is 2. The van der Waals surface area contributed by atoms with E-state index in [0.717, 1.165) is 30.8 Å². The quantitative estimate of drug-likeness (QED) is 0.825. The van der Waals surface area contributed by atoms with Gasteiger partial charge in [0.05, 0.1) is 18.8 Å². The number of nitrogens with one attached hydrogen (secondary N) is 1.